The van der Waals surface area contributed by atoms with Crippen molar-refractivity contribution >= 4 is 28.1 Å². The largest absolute Gasteiger partial charge is 0.375 e. The van der Waals surface area contributed by atoms with E-state index in [1.807, 2.05) is 30.3 Å². The number of para-hydroxylation sites is 1. The van der Waals surface area contributed by atoms with Crippen molar-refractivity contribution in [1.29, 1.82) is 0 Å². The average Bonchev–Trinajstić information content (AvgIpc) is 2.96. The van der Waals surface area contributed by atoms with Gasteiger partial charge in [-0.3, -0.25) is 19.5 Å². The number of benzene rings is 2. The van der Waals surface area contributed by atoms with Gasteiger partial charge in [-0.05, 0) is 30.7 Å². The van der Waals surface area contributed by atoms with Crippen LogP contribution in [0.15, 0.2) is 71.8 Å². The smallest absolute Gasteiger partial charge is 0.272 e. The number of aromatic nitrogens is 3. The first-order valence-electron chi connectivity index (χ1n) is 9.53. The quantitative estimate of drug-likeness (QED) is 0.553. The maximum Gasteiger partial charge on any atom is 0.272 e. The first-order valence-corrected chi connectivity index (χ1v) is 9.53. The van der Waals surface area contributed by atoms with Crippen molar-refractivity contribution in [2.45, 2.75) is 18.9 Å². The third kappa shape index (κ3) is 2.71. The van der Waals surface area contributed by atoms with E-state index in [4.69, 9.17) is 0 Å². The molecule has 5 rings (SSSR count). The number of anilines is 2. The van der Waals surface area contributed by atoms with Gasteiger partial charge in [0.15, 0.2) is 5.60 Å². The van der Waals surface area contributed by atoms with E-state index in [-0.39, 0.29) is 5.56 Å². The fourth-order valence-electron chi connectivity index (χ4n) is 3.97. The predicted octanol–water partition coefficient (Wildman–Crippen LogP) is 2.79. The highest BCUT2D eigenvalue weighted by molar-refractivity contribution is 6.11. The molecule has 0 radical (unpaired) electrons. The second-order valence-corrected chi connectivity index (χ2v) is 7.50. The Labute approximate surface area is 171 Å². The van der Waals surface area contributed by atoms with Gasteiger partial charge in [0.25, 0.3) is 11.5 Å². The first-order chi connectivity index (χ1) is 14.5. The second-order valence-electron chi connectivity index (χ2n) is 7.50. The number of hydrogen-bond acceptors (Lipinski definition) is 5. The zero-order chi connectivity index (χ0) is 20.9. The lowest BCUT2D eigenvalue weighted by atomic mass is 9.98. The minimum Gasteiger partial charge on any atom is -0.375 e. The molecule has 0 bridgehead atoms. The van der Waals surface area contributed by atoms with Gasteiger partial charge in [0.05, 0.1) is 28.7 Å². The summed E-state index contributed by atoms with van der Waals surface area (Å²) in [4.78, 5) is 30.8. The number of aromatic amines is 1. The van der Waals surface area contributed by atoms with Crippen LogP contribution in [0.1, 0.15) is 23.7 Å². The lowest BCUT2D eigenvalue weighted by molar-refractivity contribution is -0.133. The zero-order valence-corrected chi connectivity index (χ0v) is 16.2. The van der Waals surface area contributed by atoms with Crippen LogP contribution in [0.4, 0.5) is 11.4 Å². The van der Waals surface area contributed by atoms with E-state index < -0.39 is 11.5 Å². The molecule has 1 aliphatic heterocycles. The average molecular weight is 398 g/mol. The molecule has 2 aromatic heterocycles. The molecule has 0 fully saturated rings. The summed E-state index contributed by atoms with van der Waals surface area (Å²) in [5.41, 5.74) is 1.48. The van der Waals surface area contributed by atoms with Gasteiger partial charge in [-0.2, -0.15) is 5.10 Å². The normalized spacial score (nSPS) is 18.1. The van der Waals surface area contributed by atoms with E-state index in [0.29, 0.717) is 34.4 Å². The Morgan fingerprint density at radius 3 is 2.60 bits per heavy atom. The van der Waals surface area contributed by atoms with Gasteiger partial charge in [-0.25, -0.2) is 5.10 Å². The van der Waals surface area contributed by atoms with Crippen molar-refractivity contribution in [1.82, 2.24) is 15.2 Å². The molecule has 0 saturated heterocycles. The van der Waals surface area contributed by atoms with E-state index in [9.17, 15) is 14.7 Å². The predicted molar refractivity (Wildman–Crippen MR) is 113 cm³/mol. The number of rotatable bonds is 3. The Kier molecular flexibility index (Phi) is 4.01. The third-order valence-corrected chi connectivity index (χ3v) is 5.47. The molecule has 3 heterocycles. The van der Waals surface area contributed by atoms with Crippen molar-refractivity contribution in [2.75, 3.05) is 4.90 Å². The number of carbonyl (C=O) groups is 1. The fraction of sp³-hybridized carbons (Fsp3) is 0.130. The number of carbonyl (C=O) groups excluding carboxylic acids is 1. The van der Waals surface area contributed by atoms with Gasteiger partial charge in [0.1, 0.15) is 0 Å². The van der Waals surface area contributed by atoms with E-state index in [0.717, 1.165) is 10.9 Å². The van der Waals surface area contributed by atoms with Crippen molar-refractivity contribution in [3.8, 4) is 0 Å². The number of aliphatic hydroxyl groups is 1. The summed E-state index contributed by atoms with van der Waals surface area (Å²) in [5, 5.41) is 18.8. The molecule has 0 saturated carbocycles. The highest BCUT2D eigenvalue weighted by atomic mass is 16.3. The number of H-pyrrole nitrogens is 1. The third-order valence-electron chi connectivity index (χ3n) is 5.47. The lowest BCUT2D eigenvalue weighted by Gasteiger charge is -2.20. The molecule has 0 spiro atoms. The SMILES string of the molecule is C[C@]1(O)C(=O)N(c2cncc(Cc3n[nH]c(=O)c4ccccc34)c2)c2ccccc21. The number of pyridine rings is 1. The number of fused-ring (bicyclic) bond motifs is 2. The van der Waals surface area contributed by atoms with Gasteiger partial charge >= 0.3 is 0 Å². The van der Waals surface area contributed by atoms with Gasteiger partial charge in [0.2, 0.25) is 0 Å². The Hall–Kier alpha value is -3.84. The number of amides is 1. The van der Waals surface area contributed by atoms with Crippen LogP contribution < -0.4 is 10.5 Å². The van der Waals surface area contributed by atoms with Crippen LogP contribution in [0.3, 0.4) is 0 Å². The van der Waals surface area contributed by atoms with Gasteiger partial charge < -0.3 is 5.11 Å². The van der Waals surface area contributed by atoms with E-state index in [1.54, 1.807) is 36.7 Å². The summed E-state index contributed by atoms with van der Waals surface area (Å²) in [6, 6.07) is 16.3. The zero-order valence-electron chi connectivity index (χ0n) is 16.2. The maximum absolute atomic E-state index is 13.0. The van der Waals surface area contributed by atoms with Crippen LogP contribution in [0.25, 0.3) is 10.8 Å². The molecule has 7 heteroatoms. The number of nitrogens with one attached hydrogen (secondary N) is 1. The van der Waals surface area contributed by atoms with Crippen molar-refractivity contribution in [3.05, 3.63) is 94.2 Å². The van der Waals surface area contributed by atoms with Crippen LogP contribution in [-0.2, 0) is 16.8 Å². The molecular formula is C23H18N4O3. The van der Waals surface area contributed by atoms with Gasteiger partial charge in [0, 0.05) is 23.6 Å². The molecule has 30 heavy (non-hydrogen) atoms. The molecule has 2 N–H and O–H groups in total. The Balaban J connectivity index is 1.56. The molecular weight excluding hydrogens is 380 g/mol. The van der Waals surface area contributed by atoms with Crippen LogP contribution >= 0.6 is 0 Å². The first kappa shape index (κ1) is 18.2. The molecule has 4 aromatic rings. The van der Waals surface area contributed by atoms with Gasteiger partial charge in [-0.1, -0.05) is 36.4 Å². The van der Waals surface area contributed by atoms with Crippen LogP contribution in [0, 0.1) is 0 Å². The molecule has 1 atom stereocenters. The highest BCUT2D eigenvalue weighted by Crippen LogP contribution is 2.43. The summed E-state index contributed by atoms with van der Waals surface area (Å²) >= 11 is 0. The summed E-state index contributed by atoms with van der Waals surface area (Å²) < 4.78 is 0. The van der Waals surface area contributed by atoms with Crippen molar-refractivity contribution in [2.24, 2.45) is 0 Å². The van der Waals surface area contributed by atoms with E-state index >= 15 is 0 Å². The minimum absolute atomic E-state index is 0.234. The Morgan fingerprint density at radius 2 is 1.77 bits per heavy atom. The highest BCUT2D eigenvalue weighted by Gasteiger charge is 2.46. The molecule has 0 aliphatic carbocycles. The van der Waals surface area contributed by atoms with Gasteiger partial charge in [-0.15, -0.1) is 0 Å². The van der Waals surface area contributed by atoms with Crippen molar-refractivity contribution in [3.63, 3.8) is 0 Å². The number of nitrogens with zero attached hydrogens (tertiary/aromatic N) is 3. The summed E-state index contributed by atoms with van der Waals surface area (Å²) in [5.74, 6) is -0.421. The summed E-state index contributed by atoms with van der Waals surface area (Å²) in [6.07, 6.45) is 3.73. The molecule has 7 nitrogen and oxygen atoms in total. The Bertz CT molecular complexity index is 1360. The topological polar surface area (TPSA) is 99.2 Å². The van der Waals surface area contributed by atoms with Crippen LogP contribution in [0.2, 0.25) is 0 Å². The fourth-order valence-corrected chi connectivity index (χ4v) is 3.97. The molecule has 148 valence electrons. The summed E-state index contributed by atoms with van der Waals surface area (Å²) in [7, 11) is 0. The van der Waals surface area contributed by atoms with Crippen LogP contribution in [-0.4, -0.2) is 26.2 Å². The molecule has 2 aromatic carbocycles. The molecule has 1 aliphatic rings. The standard InChI is InChI=1S/C23H18N4O3/c1-23(30)18-8-4-5-9-20(18)27(22(23)29)15-10-14(12-24-13-15)11-19-16-6-2-3-7-17(16)21(28)26-25-19/h2-10,12-13,30H,11H2,1H3,(H,26,28)/t23-/m1/s1. The second kappa shape index (κ2) is 6.60. The molecule has 0 unspecified atom stereocenters. The van der Waals surface area contributed by atoms with Crippen molar-refractivity contribution < 1.29 is 9.90 Å². The monoisotopic (exact) mass is 398 g/mol. The van der Waals surface area contributed by atoms with E-state index in [1.165, 1.54) is 11.8 Å². The maximum atomic E-state index is 13.0. The Morgan fingerprint density at radius 1 is 1.03 bits per heavy atom. The minimum atomic E-state index is -1.59. The van der Waals surface area contributed by atoms with Crippen LogP contribution in [0.5, 0.6) is 0 Å². The van der Waals surface area contributed by atoms with E-state index in [2.05, 4.69) is 15.2 Å². The lowest BCUT2D eigenvalue weighted by Crippen LogP contribution is -2.35. The molecule has 1 amide bonds. The summed E-state index contributed by atoms with van der Waals surface area (Å²) in [6.45, 7) is 1.50. The number of hydrogen-bond donors (Lipinski definition) is 2.